The molecule has 0 radical (unpaired) electrons. The van der Waals surface area contributed by atoms with E-state index in [9.17, 15) is 27.9 Å². The summed E-state index contributed by atoms with van der Waals surface area (Å²) in [6.07, 6.45) is -5.45. The molecule has 3 heterocycles. The number of aromatic nitrogens is 2. The first-order chi connectivity index (χ1) is 20.7. The lowest BCUT2D eigenvalue weighted by molar-refractivity contribution is -0.198. The van der Waals surface area contributed by atoms with Crippen LogP contribution in [0, 0.1) is 5.41 Å². The van der Waals surface area contributed by atoms with Crippen molar-refractivity contribution in [2.45, 2.75) is 37.6 Å². The summed E-state index contributed by atoms with van der Waals surface area (Å²) in [5, 5.41) is 12.6. The van der Waals surface area contributed by atoms with Crippen LogP contribution in [0.15, 0.2) is 48.5 Å². The van der Waals surface area contributed by atoms with E-state index in [-0.39, 0.29) is 39.3 Å². The number of carbonyl (C=O) groups is 2. The Balaban J connectivity index is 1.43. The van der Waals surface area contributed by atoms with Gasteiger partial charge in [0.15, 0.2) is 0 Å². The fraction of sp³-hybridized carbons (Fsp3) is 0.400. The molecule has 2 fully saturated rings. The minimum Gasteiger partial charge on any atom is -0.480 e. The molecule has 2 atom stereocenters. The van der Waals surface area contributed by atoms with Crippen molar-refractivity contribution < 1.29 is 32.6 Å². The van der Waals surface area contributed by atoms with E-state index in [2.05, 4.69) is 15.3 Å². The van der Waals surface area contributed by atoms with Crippen molar-refractivity contribution in [2.24, 2.45) is 5.41 Å². The number of nitrogens with zero attached hydrogens (tertiary/aromatic N) is 4. The highest BCUT2D eigenvalue weighted by molar-refractivity contribution is 6.30. The topological polar surface area (TPSA) is 134 Å². The Hall–Kier alpha value is -4.10. The lowest BCUT2D eigenvalue weighted by Gasteiger charge is -2.39. The number of aliphatic carboxylic acids is 1. The average Bonchev–Trinajstić information content (AvgIpc) is 3.39. The molecule has 44 heavy (non-hydrogen) atoms. The smallest absolute Gasteiger partial charge is 0.429 e. The Morgan fingerprint density at radius 3 is 2.52 bits per heavy atom. The Labute approximate surface area is 257 Å². The molecule has 2 saturated heterocycles. The SMILES string of the molecule is CN(C)C(=O)c1cccc(-c2cc(Cl)ccc2C(Oc2cc(N3CCC4(CC3)CNC(C(=O)O)C4)nc(N)n2)C(F)(F)F)c1. The third-order valence-electron chi connectivity index (χ3n) is 8.17. The fourth-order valence-corrected chi connectivity index (χ4v) is 6.02. The monoisotopic (exact) mass is 632 g/mol. The maximum atomic E-state index is 14.7. The molecule has 1 amide bonds. The Morgan fingerprint density at radius 2 is 1.89 bits per heavy atom. The number of carbonyl (C=O) groups excluding carboxylic acids is 1. The number of nitrogens with two attached hydrogens (primary N) is 1. The van der Waals surface area contributed by atoms with E-state index in [1.54, 1.807) is 32.3 Å². The maximum absolute atomic E-state index is 14.7. The van der Waals surface area contributed by atoms with Gasteiger partial charge in [-0.3, -0.25) is 9.59 Å². The van der Waals surface area contributed by atoms with Crippen LogP contribution in [0.3, 0.4) is 0 Å². The van der Waals surface area contributed by atoms with Gasteiger partial charge < -0.3 is 30.7 Å². The minimum atomic E-state index is -4.87. The van der Waals surface area contributed by atoms with Crippen LogP contribution < -0.4 is 20.7 Å². The van der Waals surface area contributed by atoms with E-state index in [1.807, 2.05) is 4.90 Å². The highest BCUT2D eigenvalue weighted by Gasteiger charge is 2.46. The highest BCUT2D eigenvalue weighted by atomic mass is 35.5. The van der Waals surface area contributed by atoms with Crippen LogP contribution in [-0.2, 0) is 4.79 Å². The normalized spacial score (nSPS) is 18.7. The number of carboxylic acids is 1. The lowest BCUT2D eigenvalue weighted by atomic mass is 9.76. The molecule has 0 aliphatic carbocycles. The number of rotatable bonds is 7. The molecule has 1 spiro atoms. The number of ether oxygens (including phenoxy) is 1. The van der Waals surface area contributed by atoms with Crippen LogP contribution >= 0.6 is 11.6 Å². The Kier molecular flexibility index (Phi) is 8.63. The molecule has 1 aromatic heterocycles. The van der Waals surface area contributed by atoms with Gasteiger partial charge in [0.1, 0.15) is 11.9 Å². The van der Waals surface area contributed by atoms with E-state index >= 15 is 0 Å². The van der Waals surface area contributed by atoms with Crippen molar-refractivity contribution in [1.29, 1.82) is 0 Å². The predicted molar refractivity (Wildman–Crippen MR) is 159 cm³/mol. The summed E-state index contributed by atoms with van der Waals surface area (Å²) in [5.41, 5.74) is 6.32. The maximum Gasteiger partial charge on any atom is 0.429 e. The first-order valence-electron chi connectivity index (χ1n) is 14.0. The van der Waals surface area contributed by atoms with Gasteiger partial charge in [-0.1, -0.05) is 29.8 Å². The van der Waals surface area contributed by atoms with Crippen molar-refractivity contribution in [2.75, 3.05) is 44.4 Å². The molecule has 0 bridgehead atoms. The molecule has 5 rings (SSSR count). The van der Waals surface area contributed by atoms with E-state index in [1.165, 1.54) is 35.2 Å². The number of nitrogens with one attached hydrogen (secondary N) is 1. The molecule has 4 N–H and O–H groups in total. The number of piperidine rings is 1. The van der Waals surface area contributed by atoms with Gasteiger partial charge in [0.05, 0.1) is 0 Å². The minimum absolute atomic E-state index is 0.140. The van der Waals surface area contributed by atoms with Crippen molar-refractivity contribution in [1.82, 2.24) is 20.2 Å². The van der Waals surface area contributed by atoms with Crippen LogP contribution in [0.4, 0.5) is 24.9 Å². The number of benzene rings is 2. The summed E-state index contributed by atoms with van der Waals surface area (Å²) in [5.74, 6) is -1.49. The molecule has 0 saturated carbocycles. The van der Waals surface area contributed by atoms with Gasteiger partial charge in [-0.15, -0.1) is 0 Å². The lowest BCUT2D eigenvalue weighted by Crippen LogP contribution is -2.41. The summed E-state index contributed by atoms with van der Waals surface area (Å²) in [6.45, 7) is 1.60. The zero-order valence-electron chi connectivity index (χ0n) is 24.1. The number of alkyl halides is 3. The second kappa shape index (κ2) is 12.1. The van der Waals surface area contributed by atoms with Crippen molar-refractivity contribution >= 4 is 35.2 Å². The van der Waals surface area contributed by atoms with Gasteiger partial charge in [0, 0.05) is 55.9 Å². The van der Waals surface area contributed by atoms with Gasteiger partial charge in [-0.25, -0.2) is 0 Å². The Bertz CT molecular complexity index is 1560. The largest absolute Gasteiger partial charge is 0.480 e. The molecule has 2 unspecified atom stereocenters. The zero-order valence-corrected chi connectivity index (χ0v) is 24.8. The number of nitrogen functional groups attached to an aromatic ring is 1. The zero-order chi connectivity index (χ0) is 31.8. The van der Waals surface area contributed by atoms with Crippen LogP contribution in [0.25, 0.3) is 11.1 Å². The molecule has 2 aliphatic rings. The van der Waals surface area contributed by atoms with Gasteiger partial charge in [-0.2, -0.15) is 23.1 Å². The van der Waals surface area contributed by atoms with Gasteiger partial charge in [-0.05, 0) is 60.1 Å². The number of hydrogen-bond acceptors (Lipinski definition) is 8. The summed E-state index contributed by atoms with van der Waals surface area (Å²) in [7, 11) is 3.16. The standard InChI is InChI=1S/C30H32ClF3N6O4/c1-39(2)26(41)18-5-3-4-17(12-18)21-13-19(31)6-7-20(21)25(30(32,33)34)44-24-14-23(37-28(35)38-24)40-10-8-29(9-11-40)15-22(27(42)43)36-16-29/h3-7,12-14,22,25,36H,8-11,15-16H2,1-2H3,(H,42,43)(H2,35,37,38). The summed E-state index contributed by atoms with van der Waals surface area (Å²) >= 11 is 6.22. The second-order valence-corrected chi connectivity index (χ2v) is 11.9. The van der Waals surface area contributed by atoms with E-state index in [0.717, 1.165) is 0 Å². The van der Waals surface area contributed by atoms with Crippen LogP contribution in [0.5, 0.6) is 5.88 Å². The number of halogens is 4. The number of anilines is 2. The summed E-state index contributed by atoms with van der Waals surface area (Å²) in [6, 6.07) is 11.0. The van der Waals surface area contributed by atoms with Gasteiger partial charge >= 0.3 is 12.1 Å². The third-order valence-corrected chi connectivity index (χ3v) is 8.41. The van der Waals surface area contributed by atoms with Gasteiger partial charge in [0.25, 0.3) is 5.91 Å². The molecule has 3 aromatic rings. The van der Waals surface area contributed by atoms with E-state index < -0.39 is 24.3 Å². The third kappa shape index (κ3) is 6.68. The molecular formula is C30H32ClF3N6O4. The molecule has 2 aromatic carbocycles. The molecule has 14 heteroatoms. The van der Waals surface area contributed by atoms with E-state index in [4.69, 9.17) is 22.1 Å². The van der Waals surface area contributed by atoms with Gasteiger partial charge in [0.2, 0.25) is 17.9 Å². The highest BCUT2D eigenvalue weighted by Crippen LogP contribution is 2.43. The van der Waals surface area contributed by atoms with Crippen molar-refractivity contribution in [3.05, 3.63) is 64.7 Å². The van der Waals surface area contributed by atoms with Crippen molar-refractivity contribution in [3.8, 4) is 17.0 Å². The van der Waals surface area contributed by atoms with Crippen LogP contribution in [0.1, 0.15) is 41.3 Å². The molecule has 2 aliphatic heterocycles. The fourth-order valence-electron chi connectivity index (χ4n) is 5.85. The first kappa shape index (κ1) is 31.3. The number of carboxylic acid groups (broad SMARTS) is 1. The number of amides is 1. The molecule has 234 valence electrons. The first-order valence-corrected chi connectivity index (χ1v) is 14.3. The summed E-state index contributed by atoms with van der Waals surface area (Å²) in [4.78, 5) is 35.4. The summed E-state index contributed by atoms with van der Waals surface area (Å²) < 4.78 is 49.5. The number of hydrogen-bond donors (Lipinski definition) is 3. The van der Waals surface area contributed by atoms with Crippen molar-refractivity contribution in [3.63, 3.8) is 0 Å². The predicted octanol–water partition coefficient (Wildman–Crippen LogP) is 4.80. The molecular weight excluding hydrogens is 601 g/mol. The average molecular weight is 633 g/mol. The van der Waals surface area contributed by atoms with Crippen LogP contribution in [-0.4, -0.2) is 77.8 Å². The second-order valence-electron chi connectivity index (χ2n) is 11.4. The van der Waals surface area contributed by atoms with Crippen LogP contribution in [0.2, 0.25) is 5.02 Å². The Morgan fingerprint density at radius 1 is 1.16 bits per heavy atom. The molecule has 10 nitrogen and oxygen atoms in total. The quantitative estimate of drug-likeness (QED) is 0.336. The van der Waals surface area contributed by atoms with E-state index in [0.29, 0.717) is 55.8 Å².